The van der Waals surface area contributed by atoms with Crippen LogP contribution in [-0.2, 0) is 4.74 Å². The van der Waals surface area contributed by atoms with Gasteiger partial charge in [-0.2, -0.15) is 0 Å². The Hall–Kier alpha value is -1.31. The minimum atomic E-state index is -0.172. The van der Waals surface area contributed by atoms with E-state index in [-0.39, 0.29) is 5.97 Å². The normalized spacial score (nSPS) is 12.1. The van der Waals surface area contributed by atoms with Gasteiger partial charge < -0.3 is 4.74 Å². The van der Waals surface area contributed by atoms with Crippen molar-refractivity contribution in [2.24, 2.45) is 5.92 Å². The lowest BCUT2D eigenvalue weighted by atomic mass is 9.94. The molecule has 0 N–H and O–H groups in total. The zero-order valence-corrected chi connectivity index (χ0v) is 19.3. The van der Waals surface area contributed by atoms with Crippen LogP contribution in [0.1, 0.15) is 127 Å². The van der Waals surface area contributed by atoms with Gasteiger partial charge in [0.15, 0.2) is 0 Å². The highest BCUT2D eigenvalue weighted by Gasteiger charge is 2.13. The maximum atomic E-state index is 12.3. The predicted octanol–water partition coefficient (Wildman–Crippen LogP) is 8.74. The highest BCUT2D eigenvalue weighted by atomic mass is 16.5. The van der Waals surface area contributed by atoms with Crippen LogP contribution in [0.25, 0.3) is 0 Å². The van der Waals surface area contributed by atoms with Gasteiger partial charge in [-0.05, 0) is 30.9 Å². The Labute approximate surface area is 180 Å². The fourth-order valence-corrected chi connectivity index (χ4v) is 3.94. The molecule has 0 bridgehead atoms. The van der Waals surface area contributed by atoms with E-state index in [0.29, 0.717) is 18.1 Å². The maximum absolute atomic E-state index is 12.3. The van der Waals surface area contributed by atoms with Crippen LogP contribution in [0.4, 0.5) is 0 Å². The van der Waals surface area contributed by atoms with Gasteiger partial charge in [-0.15, -0.1) is 0 Å². The SMILES string of the molecule is CCCCCCCCCCC(CCCCCCCC)COC(=O)c1ccccc1. The second-order valence-electron chi connectivity index (χ2n) is 8.65. The summed E-state index contributed by atoms with van der Waals surface area (Å²) in [4.78, 5) is 12.3. The van der Waals surface area contributed by atoms with Gasteiger partial charge in [0.25, 0.3) is 0 Å². The molecule has 2 heteroatoms. The van der Waals surface area contributed by atoms with Crippen molar-refractivity contribution in [3.05, 3.63) is 35.9 Å². The molecule has 1 atom stereocenters. The first kappa shape index (κ1) is 25.7. The lowest BCUT2D eigenvalue weighted by Crippen LogP contribution is -2.15. The quantitative estimate of drug-likeness (QED) is 0.171. The third-order valence-corrected chi connectivity index (χ3v) is 5.89. The number of hydrogen-bond donors (Lipinski definition) is 0. The summed E-state index contributed by atoms with van der Waals surface area (Å²) in [6, 6.07) is 9.39. The molecule has 1 aromatic carbocycles. The summed E-state index contributed by atoms with van der Waals surface area (Å²) in [6.07, 6.45) is 21.2. The molecule has 0 aliphatic heterocycles. The maximum Gasteiger partial charge on any atom is 0.338 e. The van der Waals surface area contributed by atoms with Gasteiger partial charge in [-0.1, -0.05) is 122 Å². The summed E-state index contributed by atoms with van der Waals surface area (Å²) in [6.45, 7) is 5.12. The molecule has 1 rings (SSSR count). The van der Waals surface area contributed by atoms with Crippen LogP contribution in [0, 0.1) is 5.92 Å². The van der Waals surface area contributed by atoms with Crippen LogP contribution >= 0.6 is 0 Å². The smallest absolute Gasteiger partial charge is 0.338 e. The summed E-state index contributed by atoms with van der Waals surface area (Å²) in [5.41, 5.74) is 0.665. The van der Waals surface area contributed by atoms with Crippen LogP contribution in [0.2, 0.25) is 0 Å². The average Bonchev–Trinajstić information content (AvgIpc) is 2.76. The van der Waals surface area contributed by atoms with Gasteiger partial charge in [0.2, 0.25) is 0 Å². The molecule has 0 saturated heterocycles. The molecule has 29 heavy (non-hydrogen) atoms. The van der Waals surface area contributed by atoms with Crippen molar-refractivity contribution in [2.75, 3.05) is 6.61 Å². The van der Waals surface area contributed by atoms with Crippen molar-refractivity contribution in [3.63, 3.8) is 0 Å². The van der Waals surface area contributed by atoms with E-state index in [4.69, 9.17) is 4.74 Å². The van der Waals surface area contributed by atoms with E-state index < -0.39 is 0 Å². The van der Waals surface area contributed by atoms with Crippen LogP contribution < -0.4 is 0 Å². The Morgan fingerprint density at radius 3 is 1.62 bits per heavy atom. The average molecular weight is 403 g/mol. The van der Waals surface area contributed by atoms with Crippen molar-refractivity contribution in [1.29, 1.82) is 0 Å². The summed E-state index contributed by atoms with van der Waals surface area (Å²) >= 11 is 0. The monoisotopic (exact) mass is 402 g/mol. The van der Waals surface area contributed by atoms with Crippen molar-refractivity contribution < 1.29 is 9.53 Å². The van der Waals surface area contributed by atoms with Gasteiger partial charge in [-0.25, -0.2) is 4.79 Å². The van der Waals surface area contributed by atoms with Gasteiger partial charge in [-0.3, -0.25) is 0 Å². The summed E-state index contributed by atoms with van der Waals surface area (Å²) in [7, 11) is 0. The highest BCUT2D eigenvalue weighted by Crippen LogP contribution is 2.20. The Kier molecular flexibility index (Phi) is 16.6. The van der Waals surface area contributed by atoms with E-state index in [9.17, 15) is 4.79 Å². The Morgan fingerprint density at radius 2 is 1.14 bits per heavy atom. The van der Waals surface area contributed by atoms with Gasteiger partial charge >= 0.3 is 5.97 Å². The van der Waals surface area contributed by atoms with E-state index >= 15 is 0 Å². The van der Waals surface area contributed by atoms with E-state index in [1.807, 2.05) is 30.3 Å². The molecule has 0 aliphatic rings. The van der Waals surface area contributed by atoms with Crippen LogP contribution in [-0.4, -0.2) is 12.6 Å². The minimum Gasteiger partial charge on any atom is -0.462 e. The molecule has 1 unspecified atom stereocenters. The lowest BCUT2D eigenvalue weighted by Gasteiger charge is -2.17. The number of unbranched alkanes of at least 4 members (excludes halogenated alkanes) is 12. The van der Waals surface area contributed by atoms with Crippen LogP contribution in [0.15, 0.2) is 30.3 Å². The van der Waals surface area contributed by atoms with E-state index in [2.05, 4.69) is 13.8 Å². The molecule has 0 saturated carbocycles. The summed E-state index contributed by atoms with van der Waals surface area (Å²) < 4.78 is 5.67. The Bertz CT molecular complexity index is 483. The molecule has 0 aromatic heterocycles. The third-order valence-electron chi connectivity index (χ3n) is 5.89. The zero-order chi connectivity index (χ0) is 21.0. The first-order valence-electron chi connectivity index (χ1n) is 12.5. The lowest BCUT2D eigenvalue weighted by molar-refractivity contribution is 0.0422. The number of benzene rings is 1. The molecular weight excluding hydrogens is 356 g/mol. The molecule has 0 aliphatic carbocycles. The zero-order valence-electron chi connectivity index (χ0n) is 19.3. The van der Waals surface area contributed by atoms with Crippen molar-refractivity contribution in [3.8, 4) is 0 Å². The van der Waals surface area contributed by atoms with E-state index in [0.717, 1.165) is 0 Å². The third kappa shape index (κ3) is 14.3. The number of hydrogen-bond acceptors (Lipinski definition) is 2. The molecule has 1 aromatic rings. The topological polar surface area (TPSA) is 26.3 Å². The molecular formula is C27H46O2. The highest BCUT2D eigenvalue weighted by molar-refractivity contribution is 5.89. The van der Waals surface area contributed by atoms with E-state index in [1.165, 1.54) is 103 Å². The second kappa shape index (κ2) is 18.7. The summed E-state index contributed by atoms with van der Waals surface area (Å²) in [5, 5.41) is 0. The Morgan fingerprint density at radius 1 is 0.690 bits per heavy atom. The molecule has 0 fully saturated rings. The molecule has 0 heterocycles. The van der Waals surface area contributed by atoms with Gasteiger partial charge in [0.05, 0.1) is 12.2 Å². The predicted molar refractivity (Wildman–Crippen MR) is 125 cm³/mol. The molecule has 0 spiro atoms. The first-order chi connectivity index (χ1) is 14.3. The number of rotatable bonds is 19. The molecule has 0 amide bonds. The van der Waals surface area contributed by atoms with Crippen LogP contribution in [0.5, 0.6) is 0 Å². The fraction of sp³-hybridized carbons (Fsp3) is 0.741. The van der Waals surface area contributed by atoms with Crippen molar-refractivity contribution >= 4 is 5.97 Å². The molecule has 2 nitrogen and oxygen atoms in total. The number of esters is 1. The molecule has 0 radical (unpaired) electrons. The number of carbonyl (C=O) groups excluding carboxylic acids is 1. The number of carbonyl (C=O) groups is 1. The Balaban J connectivity index is 2.27. The fourth-order valence-electron chi connectivity index (χ4n) is 3.94. The number of ether oxygens (including phenoxy) is 1. The largest absolute Gasteiger partial charge is 0.462 e. The van der Waals surface area contributed by atoms with E-state index in [1.54, 1.807) is 0 Å². The van der Waals surface area contributed by atoms with Gasteiger partial charge in [0, 0.05) is 0 Å². The van der Waals surface area contributed by atoms with Crippen molar-refractivity contribution in [2.45, 2.75) is 117 Å². The second-order valence-corrected chi connectivity index (χ2v) is 8.65. The van der Waals surface area contributed by atoms with Crippen molar-refractivity contribution in [1.82, 2.24) is 0 Å². The summed E-state index contributed by atoms with van der Waals surface area (Å²) in [5.74, 6) is 0.350. The van der Waals surface area contributed by atoms with Crippen LogP contribution in [0.3, 0.4) is 0 Å². The first-order valence-corrected chi connectivity index (χ1v) is 12.5. The standard InChI is InChI=1S/C27H46O2/c1-3-5-7-9-11-12-14-17-21-25(20-16-13-10-8-6-4-2)24-29-27(28)26-22-18-15-19-23-26/h15,18-19,22-23,25H,3-14,16-17,20-21,24H2,1-2H3. The molecule has 166 valence electrons. The minimum absolute atomic E-state index is 0.172. The van der Waals surface area contributed by atoms with Gasteiger partial charge in [0.1, 0.15) is 0 Å².